The van der Waals surface area contributed by atoms with Crippen molar-refractivity contribution in [2.24, 2.45) is 34.5 Å². The maximum Gasteiger partial charge on any atom is 0.168 e. The van der Waals surface area contributed by atoms with E-state index in [9.17, 15) is 10.2 Å². The predicted octanol–water partition coefficient (Wildman–Crippen LogP) is 3.88. The van der Waals surface area contributed by atoms with Gasteiger partial charge in [0, 0.05) is 11.8 Å². The van der Waals surface area contributed by atoms with Crippen molar-refractivity contribution in [1.29, 1.82) is 0 Å². The summed E-state index contributed by atoms with van der Waals surface area (Å²) in [5.74, 6) is 1.42. The highest BCUT2D eigenvalue weighted by atomic mass is 16.5. The Kier molecular flexibility index (Phi) is 2.96. The van der Waals surface area contributed by atoms with Gasteiger partial charge in [0.2, 0.25) is 0 Å². The molecule has 4 aliphatic rings. The molecule has 0 aromatic carbocycles. The fourth-order valence-electron chi connectivity index (χ4n) is 6.81. The summed E-state index contributed by atoms with van der Waals surface area (Å²) < 4.78 is 0. The Bertz CT molecular complexity index is 468. The molecule has 4 rings (SSSR count). The monoisotopic (exact) mass is 290 g/mol. The van der Waals surface area contributed by atoms with E-state index in [4.69, 9.17) is 0 Å². The van der Waals surface area contributed by atoms with Gasteiger partial charge in [-0.1, -0.05) is 26.0 Å². The number of hydrogen-bond acceptors (Lipinski definition) is 2. The van der Waals surface area contributed by atoms with Gasteiger partial charge in [-0.3, -0.25) is 0 Å². The van der Waals surface area contributed by atoms with Crippen molar-refractivity contribution in [3.05, 3.63) is 12.2 Å². The van der Waals surface area contributed by atoms with Crippen LogP contribution in [0.5, 0.6) is 0 Å². The van der Waals surface area contributed by atoms with Crippen molar-refractivity contribution in [2.45, 2.75) is 71.0 Å². The van der Waals surface area contributed by atoms with E-state index in [-0.39, 0.29) is 5.41 Å². The highest BCUT2D eigenvalue weighted by Crippen LogP contribution is 2.66. The second-order valence-electron chi connectivity index (χ2n) is 8.81. The predicted molar refractivity (Wildman–Crippen MR) is 83.4 cm³/mol. The third-order valence-electron chi connectivity index (χ3n) is 8.23. The minimum Gasteiger partial charge on any atom is -0.365 e. The van der Waals surface area contributed by atoms with Gasteiger partial charge in [0.15, 0.2) is 5.79 Å². The third-order valence-corrected chi connectivity index (χ3v) is 8.23. The molecular weight excluding hydrogens is 260 g/mol. The van der Waals surface area contributed by atoms with Gasteiger partial charge in [-0.2, -0.15) is 0 Å². The van der Waals surface area contributed by atoms with Crippen LogP contribution < -0.4 is 0 Å². The average Bonchev–Trinajstić information content (AvgIpc) is 2.69. The van der Waals surface area contributed by atoms with Crippen LogP contribution in [0.15, 0.2) is 12.2 Å². The van der Waals surface area contributed by atoms with Crippen molar-refractivity contribution in [3.8, 4) is 0 Å². The Balaban J connectivity index is 1.69. The van der Waals surface area contributed by atoms with Crippen LogP contribution in [0.25, 0.3) is 0 Å². The highest BCUT2D eigenvalue weighted by molar-refractivity contribution is 5.16. The second kappa shape index (κ2) is 4.35. The van der Waals surface area contributed by atoms with E-state index in [1.807, 2.05) is 0 Å². The van der Waals surface area contributed by atoms with Gasteiger partial charge in [0.1, 0.15) is 0 Å². The first-order chi connectivity index (χ1) is 9.88. The van der Waals surface area contributed by atoms with Crippen molar-refractivity contribution >= 4 is 0 Å². The lowest BCUT2D eigenvalue weighted by Crippen LogP contribution is -2.55. The Labute approximate surface area is 128 Å². The molecule has 118 valence electrons. The van der Waals surface area contributed by atoms with Crippen LogP contribution in [0, 0.1) is 34.5 Å². The van der Waals surface area contributed by atoms with E-state index in [0.29, 0.717) is 23.7 Å². The molecule has 3 fully saturated rings. The van der Waals surface area contributed by atoms with Crippen molar-refractivity contribution < 1.29 is 10.2 Å². The third kappa shape index (κ3) is 1.72. The highest BCUT2D eigenvalue weighted by Gasteiger charge is 2.63. The quantitative estimate of drug-likeness (QED) is 0.525. The fourth-order valence-corrected chi connectivity index (χ4v) is 6.81. The lowest BCUT2D eigenvalue weighted by atomic mass is 9.46. The molecule has 0 spiro atoms. The summed E-state index contributed by atoms with van der Waals surface area (Å²) in [6.45, 7) is 4.64. The van der Waals surface area contributed by atoms with Gasteiger partial charge in [-0.15, -0.1) is 0 Å². The molecule has 2 nitrogen and oxygen atoms in total. The summed E-state index contributed by atoms with van der Waals surface area (Å²) in [5.41, 5.74) is 0.106. The molecule has 21 heavy (non-hydrogen) atoms. The molecule has 2 N–H and O–H groups in total. The zero-order valence-corrected chi connectivity index (χ0v) is 13.5. The lowest BCUT2D eigenvalue weighted by molar-refractivity contribution is -0.249. The summed E-state index contributed by atoms with van der Waals surface area (Å²) in [4.78, 5) is 0. The van der Waals surface area contributed by atoms with E-state index in [2.05, 4.69) is 26.0 Å². The largest absolute Gasteiger partial charge is 0.365 e. The molecule has 0 aromatic heterocycles. The molecule has 0 bridgehead atoms. The molecule has 0 amide bonds. The van der Waals surface area contributed by atoms with E-state index < -0.39 is 5.79 Å². The average molecular weight is 290 g/mol. The first-order valence-corrected chi connectivity index (χ1v) is 9.01. The number of allylic oxidation sites excluding steroid dienone is 2. The maximum absolute atomic E-state index is 10.5. The van der Waals surface area contributed by atoms with E-state index in [0.717, 1.165) is 24.7 Å². The van der Waals surface area contributed by atoms with Crippen molar-refractivity contribution in [2.75, 3.05) is 0 Å². The lowest BCUT2D eigenvalue weighted by Gasteiger charge is -2.59. The Hall–Kier alpha value is -0.340. The maximum atomic E-state index is 10.5. The van der Waals surface area contributed by atoms with Gasteiger partial charge in [-0.25, -0.2) is 0 Å². The van der Waals surface area contributed by atoms with Crippen LogP contribution in [-0.2, 0) is 0 Å². The first-order valence-electron chi connectivity index (χ1n) is 9.01. The van der Waals surface area contributed by atoms with Crippen LogP contribution >= 0.6 is 0 Å². The minimum atomic E-state index is -1.43. The van der Waals surface area contributed by atoms with Gasteiger partial charge < -0.3 is 10.2 Å². The zero-order chi connectivity index (χ0) is 14.9. The van der Waals surface area contributed by atoms with Gasteiger partial charge in [0.05, 0.1) is 0 Å². The molecule has 2 heteroatoms. The van der Waals surface area contributed by atoms with E-state index in [1.54, 1.807) is 0 Å². The fraction of sp³-hybridized carbons (Fsp3) is 0.895. The molecule has 0 heterocycles. The molecular formula is C19H30O2. The minimum absolute atomic E-state index is 0.268. The SMILES string of the molecule is C[C@]12C=CCCC1CC[C@@H]1[C@H]2CC[C@@]2(C)[C@H]1CCC2(O)O. The van der Waals surface area contributed by atoms with Gasteiger partial charge >= 0.3 is 0 Å². The summed E-state index contributed by atoms with van der Waals surface area (Å²) in [6, 6.07) is 0. The summed E-state index contributed by atoms with van der Waals surface area (Å²) >= 11 is 0. The molecule has 0 aliphatic heterocycles. The molecule has 1 unspecified atom stereocenters. The van der Waals surface area contributed by atoms with Crippen LogP contribution in [0.4, 0.5) is 0 Å². The molecule has 4 aliphatic carbocycles. The Morgan fingerprint density at radius 3 is 2.48 bits per heavy atom. The zero-order valence-electron chi connectivity index (χ0n) is 13.5. The van der Waals surface area contributed by atoms with Crippen molar-refractivity contribution in [3.63, 3.8) is 0 Å². The Morgan fingerprint density at radius 1 is 0.905 bits per heavy atom. The van der Waals surface area contributed by atoms with Crippen molar-refractivity contribution in [1.82, 2.24) is 0 Å². The smallest absolute Gasteiger partial charge is 0.168 e. The normalized spacial score (nSPS) is 54.7. The topological polar surface area (TPSA) is 40.5 Å². The van der Waals surface area contributed by atoms with Crippen LogP contribution in [0.2, 0.25) is 0 Å². The standard InChI is InChI=1S/C19H30O2/c1-17-10-4-3-5-13(17)6-7-14-15(17)8-11-18(2)16(14)9-12-19(18,20)21/h4,10,13-16,20-21H,3,5-9,11-12H2,1-2H3/t13?,14-,15-,16+,17+,18+/m1/s1. The summed E-state index contributed by atoms with van der Waals surface area (Å²) in [7, 11) is 0. The Morgan fingerprint density at radius 2 is 1.67 bits per heavy atom. The molecule has 0 aromatic rings. The summed E-state index contributed by atoms with van der Waals surface area (Å²) in [6.07, 6.45) is 14.0. The second-order valence-corrected chi connectivity index (χ2v) is 8.81. The number of aliphatic hydroxyl groups is 2. The van der Waals surface area contributed by atoms with Gasteiger partial charge in [0.25, 0.3) is 0 Å². The van der Waals surface area contributed by atoms with Crippen LogP contribution in [0.1, 0.15) is 65.2 Å². The molecule has 3 saturated carbocycles. The molecule has 6 atom stereocenters. The number of rotatable bonds is 0. The number of hydrogen-bond donors (Lipinski definition) is 2. The summed E-state index contributed by atoms with van der Waals surface area (Å²) in [5, 5.41) is 21.0. The van der Waals surface area contributed by atoms with E-state index >= 15 is 0 Å². The molecule has 0 saturated heterocycles. The number of fused-ring (bicyclic) bond motifs is 5. The van der Waals surface area contributed by atoms with E-state index in [1.165, 1.54) is 32.1 Å². The van der Waals surface area contributed by atoms with Crippen LogP contribution in [-0.4, -0.2) is 16.0 Å². The first kappa shape index (κ1) is 14.3. The van der Waals surface area contributed by atoms with Crippen LogP contribution in [0.3, 0.4) is 0 Å². The van der Waals surface area contributed by atoms with Gasteiger partial charge in [-0.05, 0) is 74.0 Å². The molecule has 0 radical (unpaired) electrons.